The number of rotatable bonds is 4. The molecule has 0 radical (unpaired) electrons. The number of carbonyl (C=O) groups is 1. The quantitative estimate of drug-likeness (QED) is 0.916. The maximum Gasteiger partial charge on any atom is 0.341 e. The molecule has 2 aliphatic rings. The molecule has 1 N–H and O–H groups in total. The zero-order chi connectivity index (χ0) is 16.0. The van der Waals surface area contributed by atoms with Crippen LogP contribution in [0.2, 0.25) is 0 Å². The van der Waals surface area contributed by atoms with Gasteiger partial charge in [-0.2, -0.15) is 0 Å². The molecule has 0 spiro atoms. The van der Waals surface area contributed by atoms with Crippen molar-refractivity contribution in [2.75, 3.05) is 0 Å². The number of benzene rings is 1. The van der Waals surface area contributed by atoms with Crippen molar-refractivity contribution in [1.29, 1.82) is 0 Å². The van der Waals surface area contributed by atoms with Crippen molar-refractivity contribution in [3.8, 4) is 0 Å². The molecule has 0 bridgehead atoms. The van der Waals surface area contributed by atoms with E-state index in [4.69, 9.17) is 18.9 Å². The van der Waals surface area contributed by atoms with Crippen LogP contribution in [-0.4, -0.2) is 41.0 Å². The third-order valence-corrected chi connectivity index (χ3v) is 4.08. The highest BCUT2D eigenvalue weighted by Gasteiger charge is 2.67. The van der Waals surface area contributed by atoms with E-state index in [0.29, 0.717) is 0 Å². The number of fused-ring (bicyclic) bond motifs is 1. The first kappa shape index (κ1) is 15.4. The lowest BCUT2D eigenvalue weighted by molar-refractivity contribution is -0.238. The van der Waals surface area contributed by atoms with Crippen LogP contribution in [0.3, 0.4) is 0 Å². The van der Waals surface area contributed by atoms with Crippen LogP contribution >= 0.6 is 0 Å². The van der Waals surface area contributed by atoms with Crippen LogP contribution in [0, 0.1) is 0 Å². The largest absolute Gasteiger partial charge is 0.479 e. The fraction of sp³-hybridized carbons (Fsp3) is 0.562. The highest BCUT2D eigenvalue weighted by atomic mass is 16.8. The number of aliphatic carboxylic acids is 1. The van der Waals surface area contributed by atoms with Gasteiger partial charge in [0.05, 0.1) is 6.61 Å². The molecule has 6 nitrogen and oxygen atoms in total. The van der Waals surface area contributed by atoms with Crippen molar-refractivity contribution in [3.63, 3.8) is 0 Å². The molecular formula is C16H20O6. The molecule has 6 heteroatoms. The summed E-state index contributed by atoms with van der Waals surface area (Å²) in [7, 11) is 0. The van der Waals surface area contributed by atoms with Gasteiger partial charge in [0.1, 0.15) is 6.10 Å². The Balaban J connectivity index is 1.86. The van der Waals surface area contributed by atoms with Crippen LogP contribution in [0.25, 0.3) is 0 Å². The molecule has 0 aromatic heterocycles. The molecule has 1 aromatic rings. The van der Waals surface area contributed by atoms with E-state index in [1.165, 1.54) is 0 Å². The molecule has 0 unspecified atom stereocenters. The minimum atomic E-state index is -1.59. The van der Waals surface area contributed by atoms with E-state index in [0.717, 1.165) is 5.56 Å². The SMILES string of the molecule is C[C@@H]1O[C@@H]2OC(C)(C)O[C@@H]2[C@@]1(OCc1ccccc1)C(=O)O. The Morgan fingerprint density at radius 1 is 1.27 bits per heavy atom. The van der Waals surface area contributed by atoms with Gasteiger partial charge in [-0.1, -0.05) is 30.3 Å². The first-order chi connectivity index (χ1) is 10.3. The van der Waals surface area contributed by atoms with Crippen LogP contribution in [0.4, 0.5) is 0 Å². The summed E-state index contributed by atoms with van der Waals surface area (Å²) >= 11 is 0. The van der Waals surface area contributed by atoms with E-state index in [-0.39, 0.29) is 6.61 Å². The minimum Gasteiger partial charge on any atom is -0.479 e. The smallest absolute Gasteiger partial charge is 0.341 e. The standard InChI is InChI=1S/C16H20O6/c1-10-16(14(17)18,19-9-11-7-5-4-6-8-11)12-13(20-10)22-15(2,3)21-12/h4-8,10,12-13H,9H2,1-3H3,(H,17,18)/t10-,12-,13+,16+/m0/s1. The zero-order valence-electron chi connectivity index (χ0n) is 12.8. The molecular weight excluding hydrogens is 288 g/mol. The molecule has 1 aromatic carbocycles. The van der Waals surface area contributed by atoms with Gasteiger partial charge in [0, 0.05) is 0 Å². The molecule has 0 amide bonds. The lowest BCUT2D eigenvalue weighted by atomic mass is 9.93. The van der Waals surface area contributed by atoms with Crippen molar-refractivity contribution in [1.82, 2.24) is 0 Å². The summed E-state index contributed by atoms with van der Waals surface area (Å²) < 4.78 is 22.8. The highest BCUT2D eigenvalue weighted by molar-refractivity contribution is 5.80. The summed E-state index contributed by atoms with van der Waals surface area (Å²) in [5, 5.41) is 9.79. The average molecular weight is 308 g/mol. The van der Waals surface area contributed by atoms with Gasteiger partial charge in [0.2, 0.25) is 5.60 Å². The van der Waals surface area contributed by atoms with Gasteiger partial charge < -0.3 is 24.1 Å². The average Bonchev–Trinajstić information content (AvgIpc) is 2.87. The van der Waals surface area contributed by atoms with Gasteiger partial charge >= 0.3 is 5.97 Å². The molecule has 22 heavy (non-hydrogen) atoms. The van der Waals surface area contributed by atoms with Crippen molar-refractivity contribution < 1.29 is 28.8 Å². The fourth-order valence-corrected chi connectivity index (χ4v) is 2.99. The fourth-order valence-electron chi connectivity index (χ4n) is 2.99. The molecule has 2 fully saturated rings. The number of carboxylic acid groups (broad SMARTS) is 1. The van der Waals surface area contributed by atoms with Crippen LogP contribution < -0.4 is 0 Å². The van der Waals surface area contributed by atoms with Crippen molar-refractivity contribution in [2.24, 2.45) is 0 Å². The lowest BCUT2D eigenvalue weighted by Gasteiger charge is -2.33. The normalized spacial score (nSPS) is 36.2. The Hall–Kier alpha value is -1.47. The Kier molecular flexibility index (Phi) is 3.72. The third-order valence-electron chi connectivity index (χ3n) is 4.08. The number of ether oxygens (including phenoxy) is 4. The molecule has 0 aliphatic carbocycles. The lowest BCUT2D eigenvalue weighted by Crippen LogP contribution is -2.56. The van der Waals surface area contributed by atoms with Crippen molar-refractivity contribution in [2.45, 2.75) is 57.3 Å². The predicted octanol–water partition coefficient (Wildman–Crippen LogP) is 1.92. The van der Waals surface area contributed by atoms with Crippen molar-refractivity contribution in [3.05, 3.63) is 35.9 Å². The second-order valence-electron chi connectivity index (χ2n) is 6.08. The van der Waals surface area contributed by atoms with E-state index >= 15 is 0 Å². The summed E-state index contributed by atoms with van der Waals surface area (Å²) in [4.78, 5) is 12.0. The van der Waals surface area contributed by atoms with Gasteiger partial charge in [-0.3, -0.25) is 0 Å². The summed E-state index contributed by atoms with van der Waals surface area (Å²) in [6.45, 7) is 5.28. The van der Waals surface area contributed by atoms with E-state index in [1.54, 1.807) is 20.8 Å². The van der Waals surface area contributed by atoms with Gasteiger partial charge in [-0.05, 0) is 26.3 Å². The zero-order valence-corrected chi connectivity index (χ0v) is 12.8. The molecule has 0 saturated carbocycles. The maximum atomic E-state index is 12.0. The van der Waals surface area contributed by atoms with Crippen LogP contribution in [0.15, 0.2) is 30.3 Å². The summed E-state index contributed by atoms with van der Waals surface area (Å²) in [6.07, 6.45) is -2.23. The number of carboxylic acids is 1. The molecule has 2 saturated heterocycles. The van der Waals surface area contributed by atoms with E-state index < -0.39 is 35.9 Å². The molecule has 3 rings (SSSR count). The molecule has 2 aliphatic heterocycles. The summed E-state index contributed by atoms with van der Waals surface area (Å²) in [6, 6.07) is 9.40. The van der Waals surface area contributed by atoms with Crippen LogP contribution in [-0.2, 0) is 30.3 Å². The topological polar surface area (TPSA) is 74.2 Å². The Morgan fingerprint density at radius 2 is 1.95 bits per heavy atom. The number of hydrogen-bond donors (Lipinski definition) is 1. The first-order valence-electron chi connectivity index (χ1n) is 7.27. The number of hydrogen-bond acceptors (Lipinski definition) is 5. The monoisotopic (exact) mass is 308 g/mol. The van der Waals surface area contributed by atoms with Crippen LogP contribution in [0.1, 0.15) is 26.3 Å². The Labute approximate surface area is 128 Å². The predicted molar refractivity (Wildman–Crippen MR) is 76.0 cm³/mol. The van der Waals surface area contributed by atoms with E-state index in [9.17, 15) is 9.90 Å². The molecule has 4 atom stereocenters. The summed E-state index contributed by atoms with van der Waals surface area (Å²) in [5.74, 6) is -2.00. The second-order valence-corrected chi connectivity index (χ2v) is 6.08. The highest BCUT2D eigenvalue weighted by Crippen LogP contribution is 2.45. The second kappa shape index (κ2) is 5.31. The Morgan fingerprint density at radius 3 is 2.59 bits per heavy atom. The maximum absolute atomic E-state index is 12.0. The Bertz CT molecular complexity index is 557. The minimum absolute atomic E-state index is 0.161. The van der Waals surface area contributed by atoms with Gasteiger partial charge in [-0.25, -0.2) is 4.79 Å². The van der Waals surface area contributed by atoms with Gasteiger partial charge in [0.25, 0.3) is 0 Å². The van der Waals surface area contributed by atoms with Crippen molar-refractivity contribution >= 4 is 5.97 Å². The van der Waals surface area contributed by atoms with E-state index in [1.807, 2.05) is 30.3 Å². The van der Waals surface area contributed by atoms with Gasteiger partial charge in [0.15, 0.2) is 18.2 Å². The van der Waals surface area contributed by atoms with Crippen LogP contribution in [0.5, 0.6) is 0 Å². The molecule has 120 valence electrons. The van der Waals surface area contributed by atoms with Gasteiger partial charge in [-0.15, -0.1) is 0 Å². The first-order valence-corrected chi connectivity index (χ1v) is 7.27. The van der Waals surface area contributed by atoms with E-state index in [2.05, 4.69) is 0 Å². The molecule has 2 heterocycles. The summed E-state index contributed by atoms with van der Waals surface area (Å²) in [5.41, 5.74) is -0.703. The third kappa shape index (κ3) is 2.42.